The number of rotatable bonds is 5. The van der Waals surface area contributed by atoms with E-state index in [1.165, 1.54) is 0 Å². The molecule has 0 spiro atoms. The molecule has 9 heteroatoms. The quantitative estimate of drug-likeness (QED) is 0.463. The first-order valence-corrected chi connectivity index (χ1v) is 9.71. The number of anilines is 3. The van der Waals surface area contributed by atoms with Crippen molar-refractivity contribution in [2.75, 3.05) is 24.9 Å². The number of imidazole rings is 1. The molecule has 2 N–H and O–H groups in total. The topological polar surface area (TPSA) is 99.0 Å². The highest BCUT2D eigenvalue weighted by Gasteiger charge is 2.21. The van der Waals surface area contributed by atoms with E-state index in [0.717, 1.165) is 11.3 Å². The Labute approximate surface area is 183 Å². The molecule has 0 saturated carbocycles. The Morgan fingerprint density at radius 1 is 1.12 bits per heavy atom. The van der Waals surface area contributed by atoms with E-state index in [1.807, 2.05) is 47.1 Å². The number of aromatic nitrogens is 3. The minimum Gasteiger partial charge on any atom is -0.493 e. The Balaban J connectivity index is 1.55. The molecule has 1 aliphatic heterocycles. The maximum atomic E-state index is 11.9. The van der Waals surface area contributed by atoms with E-state index in [9.17, 15) is 4.79 Å². The summed E-state index contributed by atoms with van der Waals surface area (Å²) in [4.78, 5) is 21.1. The van der Waals surface area contributed by atoms with Crippen LogP contribution in [-0.2, 0) is 4.79 Å². The molecule has 0 radical (unpaired) electrons. The van der Waals surface area contributed by atoms with E-state index in [2.05, 4.69) is 22.2 Å². The van der Waals surface area contributed by atoms with Gasteiger partial charge in [-0.3, -0.25) is 4.79 Å². The van der Waals surface area contributed by atoms with Crippen LogP contribution < -0.4 is 24.8 Å². The van der Waals surface area contributed by atoms with Gasteiger partial charge in [0.25, 0.3) is 5.91 Å². The van der Waals surface area contributed by atoms with E-state index in [1.54, 1.807) is 26.5 Å². The third-order valence-electron chi connectivity index (χ3n) is 5.03. The van der Waals surface area contributed by atoms with Crippen molar-refractivity contribution < 1.29 is 19.0 Å². The van der Waals surface area contributed by atoms with Crippen LogP contribution in [0.4, 0.5) is 17.2 Å². The average Bonchev–Trinajstić information content (AvgIpc) is 3.28. The van der Waals surface area contributed by atoms with Gasteiger partial charge in [0.1, 0.15) is 0 Å². The van der Waals surface area contributed by atoms with Gasteiger partial charge in [0, 0.05) is 35.9 Å². The Morgan fingerprint density at radius 3 is 2.78 bits per heavy atom. The first-order chi connectivity index (χ1) is 15.6. The SMILES string of the molecule is C=C1Oc2ccc(-c3cn4ccnc4c(Nc4ccc(OC)c(OC)c4)n3)cc2NC1=O. The summed E-state index contributed by atoms with van der Waals surface area (Å²) in [5, 5.41) is 6.09. The van der Waals surface area contributed by atoms with E-state index in [0.29, 0.717) is 40.1 Å². The van der Waals surface area contributed by atoms with Gasteiger partial charge >= 0.3 is 0 Å². The third kappa shape index (κ3) is 3.35. The van der Waals surface area contributed by atoms with Gasteiger partial charge in [-0.05, 0) is 30.3 Å². The molecule has 0 unspecified atom stereocenters. The average molecular weight is 429 g/mol. The van der Waals surface area contributed by atoms with Crippen LogP contribution in [0, 0.1) is 0 Å². The smallest absolute Gasteiger partial charge is 0.290 e. The Bertz CT molecular complexity index is 1380. The summed E-state index contributed by atoms with van der Waals surface area (Å²) in [6, 6.07) is 11.0. The second kappa shape index (κ2) is 7.62. The molecule has 0 fully saturated rings. The van der Waals surface area contributed by atoms with Crippen LogP contribution in [0.3, 0.4) is 0 Å². The van der Waals surface area contributed by atoms with Crippen molar-refractivity contribution in [1.82, 2.24) is 14.4 Å². The zero-order valence-corrected chi connectivity index (χ0v) is 17.4. The molecule has 160 valence electrons. The van der Waals surface area contributed by atoms with Crippen molar-refractivity contribution in [3.63, 3.8) is 0 Å². The molecule has 0 bridgehead atoms. The summed E-state index contributed by atoms with van der Waals surface area (Å²) in [6.07, 6.45) is 5.41. The number of methoxy groups -OCH3 is 2. The van der Waals surface area contributed by atoms with Gasteiger partial charge in [0.2, 0.25) is 0 Å². The molecule has 1 aliphatic rings. The van der Waals surface area contributed by atoms with Crippen LogP contribution >= 0.6 is 0 Å². The van der Waals surface area contributed by atoms with Crippen LogP contribution in [0.25, 0.3) is 16.9 Å². The van der Waals surface area contributed by atoms with Crippen molar-refractivity contribution in [2.45, 2.75) is 0 Å². The van der Waals surface area contributed by atoms with Gasteiger partial charge < -0.3 is 29.2 Å². The highest BCUT2D eigenvalue weighted by molar-refractivity contribution is 6.05. The van der Waals surface area contributed by atoms with Crippen molar-refractivity contribution in [3.8, 4) is 28.5 Å². The first-order valence-electron chi connectivity index (χ1n) is 9.71. The zero-order chi connectivity index (χ0) is 22.2. The number of benzene rings is 2. The predicted octanol–water partition coefficient (Wildman–Crippen LogP) is 4.00. The van der Waals surface area contributed by atoms with Crippen LogP contribution in [0.5, 0.6) is 17.2 Å². The molecule has 0 aliphatic carbocycles. The van der Waals surface area contributed by atoms with Gasteiger partial charge in [-0.1, -0.05) is 6.58 Å². The number of fused-ring (bicyclic) bond motifs is 2. The van der Waals surface area contributed by atoms with Gasteiger partial charge in [-0.2, -0.15) is 0 Å². The summed E-state index contributed by atoms with van der Waals surface area (Å²) < 4.78 is 18.0. The predicted molar refractivity (Wildman–Crippen MR) is 120 cm³/mol. The van der Waals surface area contributed by atoms with Crippen molar-refractivity contribution >= 4 is 28.7 Å². The van der Waals surface area contributed by atoms with Gasteiger partial charge in [-0.15, -0.1) is 0 Å². The van der Waals surface area contributed by atoms with Crippen LogP contribution in [-0.4, -0.2) is 34.5 Å². The highest BCUT2D eigenvalue weighted by atomic mass is 16.5. The third-order valence-corrected chi connectivity index (χ3v) is 5.03. The number of nitrogens with zero attached hydrogens (tertiary/aromatic N) is 3. The van der Waals surface area contributed by atoms with E-state index < -0.39 is 0 Å². The second-order valence-corrected chi connectivity index (χ2v) is 7.02. The monoisotopic (exact) mass is 429 g/mol. The van der Waals surface area contributed by atoms with Gasteiger partial charge in [0.05, 0.1) is 25.6 Å². The fourth-order valence-corrected chi connectivity index (χ4v) is 3.45. The number of hydrogen-bond acceptors (Lipinski definition) is 7. The molecule has 9 nitrogen and oxygen atoms in total. The van der Waals surface area contributed by atoms with Crippen molar-refractivity contribution in [2.24, 2.45) is 0 Å². The summed E-state index contributed by atoms with van der Waals surface area (Å²) in [5.41, 5.74) is 3.46. The fraction of sp³-hybridized carbons (Fsp3) is 0.0870. The highest BCUT2D eigenvalue weighted by Crippen LogP contribution is 2.35. The molecule has 3 heterocycles. The molecule has 0 saturated heterocycles. The van der Waals surface area contributed by atoms with Crippen molar-refractivity contribution in [1.29, 1.82) is 0 Å². The number of carbonyl (C=O) groups excluding carboxylic acids is 1. The van der Waals surface area contributed by atoms with E-state index in [-0.39, 0.29) is 11.7 Å². The van der Waals surface area contributed by atoms with Gasteiger partial charge in [0.15, 0.2) is 34.5 Å². The Kier molecular flexibility index (Phi) is 4.63. The molecule has 2 aromatic carbocycles. The van der Waals surface area contributed by atoms with Crippen molar-refractivity contribution in [3.05, 3.63) is 67.3 Å². The summed E-state index contributed by atoms with van der Waals surface area (Å²) in [7, 11) is 3.17. The molecular formula is C23H19N5O4. The second-order valence-electron chi connectivity index (χ2n) is 7.02. The number of carbonyl (C=O) groups is 1. The van der Waals surface area contributed by atoms with E-state index in [4.69, 9.17) is 19.2 Å². The lowest BCUT2D eigenvalue weighted by molar-refractivity contribution is -0.115. The lowest BCUT2D eigenvalue weighted by atomic mass is 10.1. The van der Waals surface area contributed by atoms with Crippen LogP contribution in [0.2, 0.25) is 0 Å². The fourth-order valence-electron chi connectivity index (χ4n) is 3.45. The normalized spacial score (nSPS) is 12.7. The molecule has 1 amide bonds. The van der Waals surface area contributed by atoms with Crippen LogP contribution in [0.1, 0.15) is 0 Å². The molecule has 0 atom stereocenters. The Hall–Kier alpha value is -4.53. The lowest BCUT2D eigenvalue weighted by Gasteiger charge is -2.19. The largest absolute Gasteiger partial charge is 0.493 e. The molecule has 4 aromatic rings. The number of hydrogen-bond donors (Lipinski definition) is 2. The summed E-state index contributed by atoms with van der Waals surface area (Å²) in [5.74, 6) is 2.01. The van der Waals surface area contributed by atoms with Crippen LogP contribution in [0.15, 0.2) is 67.3 Å². The minimum absolute atomic E-state index is 0.0598. The van der Waals surface area contributed by atoms with E-state index >= 15 is 0 Å². The Morgan fingerprint density at radius 2 is 1.97 bits per heavy atom. The molecule has 2 aromatic heterocycles. The molecule has 32 heavy (non-hydrogen) atoms. The standard InChI is InChI=1S/C23H19N5O4/c1-13-23(29)27-16-10-14(4-6-18(16)32-13)17-12-28-9-8-24-22(28)21(26-17)25-15-5-7-19(30-2)20(11-15)31-3/h4-12H,1H2,2-3H3,(H,25,26)(H,27,29). The number of nitrogens with one attached hydrogen (secondary N) is 2. The summed E-state index contributed by atoms with van der Waals surface area (Å²) in [6.45, 7) is 3.60. The minimum atomic E-state index is -0.372. The summed E-state index contributed by atoms with van der Waals surface area (Å²) >= 11 is 0. The maximum Gasteiger partial charge on any atom is 0.290 e. The lowest BCUT2D eigenvalue weighted by Crippen LogP contribution is -2.22. The molecular weight excluding hydrogens is 410 g/mol. The maximum absolute atomic E-state index is 11.9. The first kappa shape index (κ1) is 19.4. The number of ether oxygens (including phenoxy) is 3. The van der Waals surface area contributed by atoms with Gasteiger partial charge in [-0.25, -0.2) is 9.97 Å². The molecule has 5 rings (SSSR count). The zero-order valence-electron chi connectivity index (χ0n) is 17.4. The number of amides is 1.